The van der Waals surface area contributed by atoms with Crippen LogP contribution in [0.15, 0.2) is 24.3 Å². The van der Waals surface area contributed by atoms with Gasteiger partial charge in [-0.05, 0) is 32.0 Å². The van der Waals surface area contributed by atoms with Gasteiger partial charge in [0, 0.05) is 37.7 Å². The van der Waals surface area contributed by atoms with Crippen LogP contribution in [0.5, 0.6) is 0 Å². The number of aromatic nitrogens is 3. The Hall–Kier alpha value is -2.03. The molecule has 1 N–H and O–H groups in total. The molecular weight excluding hydrogens is 374 g/mol. The number of carbonyl (C=O) groups is 1. The molecule has 0 aliphatic carbocycles. The summed E-state index contributed by atoms with van der Waals surface area (Å²) in [5, 5.41) is 3.32. The Bertz CT molecular complexity index is 861. The lowest BCUT2D eigenvalue weighted by atomic mass is 9.95. The van der Waals surface area contributed by atoms with Crippen molar-refractivity contribution in [3.05, 3.63) is 34.6 Å². The van der Waals surface area contributed by atoms with Crippen molar-refractivity contribution in [1.29, 1.82) is 0 Å². The minimum Gasteiger partial charge on any atom is -0.378 e. The summed E-state index contributed by atoms with van der Waals surface area (Å²) in [4.78, 5) is 21.5. The summed E-state index contributed by atoms with van der Waals surface area (Å²) in [6, 6.07) is 8.25. The second kappa shape index (κ2) is 8.55. The second-order valence-corrected chi connectivity index (χ2v) is 7.99. The molecule has 0 saturated carbocycles. The van der Waals surface area contributed by atoms with Crippen LogP contribution in [0.1, 0.15) is 18.4 Å². The van der Waals surface area contributed by atoms with Gasteiger partial charge in [-0.15, -0.1) is 0 Å². The van der Waals surface area contributed by atoms with Crippen molar-refractivity contribution in [2.24, 2.45) is 5.92 Å². The van der Waals surface area contributed by atoms with Crippen LogP contribution in [-0.2, 0) is 16.2 Å². The molecule has 2 aliphatic heterocycles. The molecular formula is C20H27N5O2S. The van der Waals surface area contributed by atoms with E-state index < -0.39 is 0 Å². The van der Waals surface area contributed by atoms with Crippen molar-refractivity contribution in [1.82, 2.24) is 24.6 Å². The Morgan fingerprint density at radius 2 is 1.86 bits per heavy atom. The van der Waals surface area contributed by atoms with Crippen LogP contribution in [0.4, 0.5) is 0 Å². The molecule has 2 saturated heterocycles. The minimum absolute atomic E-state index is 0.132. The summed E-state index contributed by atoms with van der Waals surface area (Å²) in [5.74, 6) is 1.22. The van der Waals surface area contributed by atoms with E-state index in [1.165, 1.54) is 5.56 Å². The summed E-state index contributed by atoms with van der Waals surface area (Å²) in [5.41, 5.74) is 2.25. The summed E-state index contributed by atoms with van der Waals surface area (Å²) in [6.45, 7) is 7.29. The second-order valence-electron chi connectivity index (χ2n) is 7.62. The van der Waals surface area contributed by atoms with E-state index in [0.717, 1.165) is 50.4 Å². The Labute approximate surface area is 170 Å². The van der Waals surface area contributed by atoms with Gasteiger partial charge in [0.2, 0.25) is 10.7 Å². The fourth-order valence-corrected chi connectivity index (χ4v) is 4.05. The Kier molecular flexibility index (Phi) is 5.89. The zero-order valence-electron chi connectivity index (χ0n) is 16.3. The van der Waals surface area contributed by atoms with E-state index in [0.29, 0.717) is 30.6 Å². The number of carbonyl (C=O) groups excluding carboxylic acids is 1. The molecule has 0 spiro atoms. The van der Waals surface area contributed by atoms with E-state index in [-0.39, 0.29) is 5.92 Å². The average Bonchev–Trinajstić information content (AvgIpc) is 3.09. The lowest BCUT2D eigenvalue weighted by molar-refractivity contribution is -0.141. The Morgan fingerprint density at radius 3 is 2.54 bits per heavy atom. The van der Waals surface area contributed by atoms with Gasteiger partial charge in [-0.25, -0.2) is 4.68 Å². The summed E-state index contributed by atoms with van der Waals surface area (Å²) < 4.78 is 7.82. The molecule has 2 aromatic rings. The molecule has 1 aromatic carbocycles. The molecule has 28 heavy (non-hydrogen) atoms. The maximum absolute atomic E-state index is 12.7. The largest absolute Gasteiger partial charge is 0.378 e. The van der Waals surface area contributed by atoms with Gasteiger partial charge in [0.1, 0.15) is 0 Å². The molecule has 1 aromatic heterocycles. The Balaban J connectivity index is 1.34. The quantitative estimate of drug-likeness (QED) is 0.797. The number of morpholine rings is 1. The number of likely N-dealkylation sites (tertiary alicyclic amines) is 1. The van der Waals surface area contributed by atoms with Gasteiger partial charge in [-0.3, -0.25) is 14.8 Å². The van der Waals surface area contributed by atoms with Gasteiger partial charge in [-0.2, -0.15) is 4.98 Å². The molecule has 0 bridgehead atoms. The molecule has 150 valence electrons. The molecule has 0 unspecified atom stereocenters. The predicted octanol–water partition coefficient (Wildman–Crippen LogP) is 2.44. The fraction of sp³-hybridized carbons (Fsp3) is 0.550. The maximum atomic E-state index is 12.7. The molecule has 0 atom stereocenters. The van der Waals surface area contributed by atoms with E-state index in [9.17, 15) is 4.79 Å². The molecule has 2 fully saturated rings. The van der Waals surface area contributed by atoms with E-state index in [1.807, 2.05) is 9.58 Å². The number of nitrogens with zero attached hydrogens (tertiary/aromatic N) is 4. The smallest absolute Gasteiger partial charge is 0.225 e. The monoisotopic (exact) mass is 401 g/mol. The molecule has 1 amide bonds. The van der Waals surface area contributed by atoms with Crippen molar-refractivity contribution in [3.63, 3.8) is 0 Å². The maximum Gasteiger partial charge on any atom is 0.225 e. The van der Waals surface area contributed by atoms with Crippen molar-refractivity contribution in [3.8, 4) is 11.4 Å². The predicted molar refractivity (Wildman–Crippen MR) is 109 cm³/mol. The van der Waals surface area contributed by atoms with E-state index >= 15 is 0 Å². The van der Waals surface area contributed by atoms with E-state index in [1.54, 1.807) is 0 Å². The summed E-state index contributed by atoms with van der Waals surface area (Å²) in [6.07, 6.45) is 1.78. The lowest BCUT2D eigenvalue weighted by Crippen LogP contribution is -2.47. The lowest BCUT2D eigenvalue weighted by Gasteiger charge is -2.35. The van der Waals surface area contributed by atoms with Crippen molar-refractivity contribution in [2.75, 3.05) is 39.4 Å². The number of hydrogen-bond acceptors (Lipinski definition) is 5. The third-order valence-corrected chi connectivity index (χ3v) is 5.92. The highest BCUT2D eigenvalue weighted by atomic mass is 32.1. The molecule has 8 heteroatoms. The molecule has 2 aliphatic rings. The number of ether oxygens (including phenoxy) is 1. The minimum atomic E-state index is 0.132. The van der Waals surface area contributed by atoms with Gasteiger partial charge in [-0.1, -0.05) is 29.8 Å². The van der Waals surface area contributed by atoms with Crippen molar-refractivity contribution in [2.45, 2.75) is 26.4 Å². The fourth-order valence-electron chi connectivity index (χ4n) is 3.86. The number of nitrogens with one attached hydrogen (secondary N) is 1. The number of aryl methyl sites for hydroxylation is 1. The number of aromatic amines is 1. The Morgan fingerprint density at radius 1 is 1.18 bits per heavy atom. The topological polar surface area (TPSA) is 66.4 Å². The first-order valence-electron chi connectivity index (χ1n) is 9.93. The summed E-state index contributed by atoms with van der Waals surface area (Å²) >= 11 is 5.44. The molecule has 7 nitrogen and oxygen atoms in total. The van der Waals surface area contributed by atoms with Gasteiger partial charge >= 0.3 is 0 Å². The molecule has 0 radical (unpaired) electrons. The first kappa shape index (κ1) is 19.3. The van der Waals surface area contributed by atoms with Crippen LogP contribution in [0.2, 0.25) is 0 Å². The zero-order valence-corrected chi connectivity index (χ0v) is 17.1. The SMILES string of the molecule is Cc1ccc(-c2nc(=S)n(CN3CCC(C(=O)N4CCOCC4)CC3)[nH]2)cc1. The van der Waals surface area contributed by atoms with Gasteiger partial charge in [0.05, 0.1) is 19.9 Å². The number of benzene rings is 1. The van der Waals surface area contributed by atoms with Crippen LogP contribution in [0, 0.1) is 17.6 Å². The number of hydrogen-bond donors (Lipinski definition) is 1. The van der Waals surface area contributed by atoms with Gasteiger partial charge in [0.25, 0.3) is 0 Å². The van der Waals surface area contributed by atoms with Crippen LogP contribution < -0.4 is 0 Å². The van der Waals surface area contributed by atoms with E-state index in [2.05, 4.69) is 46.2 Å². The first-order chi connectivity index (χ1) is 13.6. The van der Waals surface area contributed by atoms with Gasteiger partial charge in [0.15, 0.2) is 5.82 Å². The number of piperidine rings is 1. The van der Waals surface area contributed by atoms with Crippen LogP contribution in [-0.4, -0.2) is 69.9 Å². The van der Waals surface area contributed by atoms with Crippen molar-refractivity contribution >= 4 is 18.1 Å². The first-order valence-corrected chi connectivity index (χ1v) is 10.3. The third kappa shape index (κ3) is 4.34. The van der Waals surface area contributed by atoms with Crippen molar-refractivity contribution < 1.29 is 9.53 Å². The van der Waals surface area contributed by atoms with Crippen LogP contribution in [0.3, 0.4) is 0 Å². The average molecular weight is 402 g/mol. The molecule has 4 rings (SSSR count). The highest BCUT2D eigenvalue weighted by Gasteiger charge is 2.29. The normalized spacial score (nSPS) is 19.1. The van der Waals surface area contributed by atoms with Gasteiger partial charge < -0.3 is 9.64 Å². The highest BCUT2D eigenvalue weighted by Crippen LogP contribution is 2.21. The number of rotatable bonds is 4. The third-order valence-electron chi connectivity index (χ3n) is 5.61. The van der Waals surface area contributed by atoms with Crippen LogP contribution in [0.25, 0.3) is 11.4 Å². The number of amides is 1. The standard InChI is InChI=1S/C20H27N5O2S/c1-15-2-4-16(5-3-15)18-21-20(28)25(22-18)14-23-8-6-17(7-9-23)19(26)24-10-12-27-13-11-24/h2-5,17H,6-14H2,1H3,(H,21,22,28). The number of H-pyrrole nitrogens is 1. The zero-order chi connectivity index (χ0) is 19.5. The van der Waals surface area contributed by atoms with Crippen LogP contribution >= 0.6 is 12.2 Å². The van der Waals surface area contributed by atoms with E-state index in [4.69, 9.17) is 17.0 Å². The molecule has 3 heterocycles. The summed E-state index contributed by atoms with van der Waals surface area (Å²) in [7, 11) is 0. The highest BCUT2D eigenvalue weighted by molar-refractivity contribution is 7.71.